The van der Waals surface area contributed by atoms with Crippen molar-refractivity contribution in [1.82, 2.24) is 14.8 Å². The molecular formula is C30H23F8N7O5S2. The van der Waals surface area contributed by atoms with E-state index in [2.05, 4.69) is 20.4 Å². The summed E-state index contributed by atoms with van der Waals surface area (Å²) in [6.07, 6.45) is -3.51. The van der Waals surface area contributed by atoms with Crippen molar-refractivity contribution in [2.45, 2.75) is 17.7 Å². The lowest BCUT2D eigenvalue weighted by Gasteiger charge is -2.40. The predicted molar refractivity (Wildman–Crippen MR) is 175 cm³/mol. The summed E-state index contributed by atoms with van der Waals surface area (Å²) in [6.45, 7) is -2.17. The number of anilines is 2. The van der Waals surface area contributed by atoms with E-state index in [9.17, 15) is 47.5 Å². The normalized spacial score (nSPS) is 15.6. The van der Waals surface area contributed by atoms with Gasteiger partial charge in [-0.1, -0.05) is 31.2 Å². The minimum Gasteiger partial charge on any atom is -0.493 e. The van der Waals surface area contributed by atoms with Gasteiger partial charge in [0, 0.05) is 17.2 Å². The lowest BCUT2D eigenvalue weighted by atomic mass is 10.1. The number of carbonyl (C=O) groups is 2. The van der Waals surface area contributed by atoms with Crippen molar-refractivity contribution in [3.63, 3.8) is 0 Å². The first-order valence-corrected chi connectivity index (χ1v) is 17.2. The maximum atomic E-state index is 13.1. The van der Waals surface area contributed by atoms with Crippen molar-refractivity contribution in [3.8, 4) is 34.6 Å². The molecule has 1 fully saturated rings. The van der Waals surface area contributed by atoms with Crippen molar-refractivity contribution < 1.29 is 56.4 Å². The van der Waals surface area contributed by atoms with E-state index in [1.165, 1.54) is 44.6 Å². The zero-order valence-electron chi connectivity index (χ0n) is 26.5. The van der Waals surface area contributed by atoms with Crippen molar-refractivity contribution in [1.29, 1.82) is 5.26 Å². The average Bonchev–Trinajstić information content (AvgIpc) is 3.70. The lowest BCUT2D eigenvalue weighted by Crippen LogP contribution is -2.31. The highest BCUT2D eigenvalue weighted by molar-refractivity contribution is 8.45. The molecule has 0 aliphatic carbocycles. The van der Waals surface area contributed by atoms with Crippen LogP contribution in [0.3, 0.4) is 0 Å². The van der Waals surface area contributed by atoms with E-state index in [1.807, 2.05) is 6.07 Å². The van der Waals surface area contributed by atoms with E-state index in [0.29, 0.717) is 0 Å². The molecular weight excluding hydrogens is 754 g/mol. The van der Waals surface area contributed by atoms with Crippen LogP contribution in [0.25, 0.3) is 17.1 Å². The van der Waals surface area contributed by atoms with Gasteiger partial charge in [0.15, 0.2) is 22.5 Å². The maximum Gasteiger partial charge on any atom is 0.411 e. The summed E-state index contributed by atoms with van der Waals surface area (Å²) in [5.74, 6) is -0.497. The molecule has 0 radical (unpaired) electrons. The van der Waals surface area contributed by atoms with Crippen molar-refractivity contribution >= 4 is 50.5 Å². The molecule has 0 unspecified atom stereocenters. The smallest absolute Gasteiger partial charge is 0.411 e. The van der Waals surface area contributed by atoms with Crippen LogP contribution in [0.15, 0.2) is 70.8 Å². The Balaban J connectivity index is 1.37. The number of hydrogen-bond donors (Lipinski definition) is 1. The topological polar surface area (TPSA) is 144 Å². The number of nitrogens with zero attached hydrogens (tertiary/aromatic N) is 6. The van der Waals surface area contributed by atoms with E-state index in [0.717, 1.165) is 39.8 Å². The van der Waals surface area contributed by atoms with Crippen LogP contribution in [0.2, 0.25) is 0 Å². The Morgan fingerprint density at radius 2 is 1.71 bits per heavy atom. The molecule has 4 aromatic rings. The Kier molecular flexibility index (Phi) is 9.68. The largest absolute Gasteiger partial charge is 0.493 e. The molecule has 0 bridgehead atoms. The zero-order valence-corrected chi connectivity index (χ0v) is 28.1. The Morgan fingerprint density at radius 1 is 1.04 bits per heavy atom. The minimum absolute atomic E-state index is 0.00661. The number of thioether (sulfide) groups is 1. The van der Waals surface area contributed by atoms with Gasteiger partial charge in [0.2, 0.25) is 5.91 Å². The quantitative estimate of drug-likeness (QED) is 0.158. The molecule has 276 valence electrons. The molecule has 12 nitrogen and oxygen atoms in total. The molecule has 1 N–H and O–H groups in total. The Morgan fingerprint density at radius 3 is 2.33 bits per heavy atom. The van der Waals surface area contributed by atoms with E-state index in [1.54, 1.807) is 0 Å². The van der Waals surface area contributed by atoms with Crippen molar-refractivity contribution in [2.75, 3.05) is 36.8 Å². The number of rotatable bonds is 10. The first-order chi connectivity index (χ1) is 24.2. The maximum absolute atomic E-state index is 13.1. The molecule has 3 aromatic carbocycles. The molecule has 1 aliphatic heterocycles. The molecule has 1 saturated heterocycles. The molecule has 52 heavy (non-hydrogen) atoms. The summed E-state index contributed by atoms with van der Waals surface area (Å²) in [5.41, 5.74) is 0.203. The van der Waals surface area contributed by atoms with Gasteiger partial charge in [-0.2, -0.15) is 23.4 Å². The van der Waals surface area contributed by atoms with Crippen LogP contribution in [0.4, 0.5) is 48.8 Å². The molecule has 3 amide bonds. The molecule has 5 rings (SSSR count). The second-order valence-corrected chi connectivity index (χ2v) is 14.0. The Labute approximate surface area is 292 Å². The summed E-state index contributed by atoms with van der Waals surface area (Å²) in [4.78, 5) is 33.0. The van der Waals surface area contributed by atoms with Crippen LogP contribution >= 0.6 is 22.0 Å². The second-order valence-electron chi connectivity index (χ2n) is 10.6. The number of hydrogen-bond acceptors (Lipinski definition) is 9. The standard InChI is InChI=1S/C30H23F8N7O5S2/c1-48-24-10-19(13-50-15-30(31,32)33)23(11-25(24)49-2)45-26(46)14-51-29(45)42-28(47)41-22-8-3-17(9-18(22)12-39)27-40-16-44(43-27)20-4-6-21(7-5-20)52(34,35,36,37)38/h3-11,16H,13-15H2,1-2H3,(H,41,47). The van der Waals surface area contributed by atoms with Gasteiger partial charge in [0.05, 0.1) is 49.2 Å². The third-order valence-electron chi connectivity index (χ3n) is 6.99. The summed E-state index contributed by atoms with van der Waals surface area (Å²) in [5, 5.41) is 16.2. The molecule has 0 spiro atoms. The predicted octanol–water partition coefficient (Wildman–Crippen LogP) is 8.23. The number of nitrogens with one attached hydrogen (secondary N) is 1. The van der Waals surface area contributed by atoms with Crippen LogP contribution in [0.5, 0.6) is 11.5 Å². The van der Waals surface area contributed by atoms with Gasteiger partial charge in [-0.3, -0.25) is 9.69 Å². The van der Waals surface area contributed by atoms with Gasteiger partial charge in [-0.05, 0) is 48.5 Å². The number of amides is 3. The molecule has 1 aliphatic rings. The summed E-state index contributed by atoms with van der Waals surface area (Å²) in [7, 11) is -7.27. The number of ether oxygens (including phenoxy) is 3. The molecule has 22 heteroatoms. The van der Waals surface area contributed by atoms with E-state index in [-0.39, 0.29) is 74.1 Å². The van der Waals surface area contributed by atoms with Gasteiger partial charge in [0.25, 0.3) is 0 Å². The van der Waals surface area contributed by atoms with Gasteiger partial charge in [-0.25, -0.2) is 14.5 Å². The van der Waals surface area contributed by atoms with Gasteiger partial charge >= 0.3 is 22.4 Å². The number of carbonyl (C=O) groups excluding carboxylic acids is 2. The highest BCUT2D eigenvalue weighted by Crippen LogP contribution is 3.02. The van der Waals surface area contributed by atoms with Crippen LogP contribution in [0.1, 0.15) is 11.1 Å². The lowest BCUT2D eigenvalue weighted by molar-refractivity contribution is -0.176. The first-order valence-electron chi connectivity index (χ1n) is 14.2. The third kappa shape index (κ3) is 8.72. The molecule has 0 atom stereocenters. The summed E-state index contributed by atoms with van der Waals surface area (Å²) < 4.78 is 120. The van der Waals surface area contributed by atoms with Crippen molar-refractivity contribution in [2.24, 2.45) is 4.99 Å². The number of aromatic nitrogens is 3. The average molecular weight is 778 g/mol. The number of aliphatic imine (C=N–C) groups is 1. The number of halogens is 8. The Hall–Kier alpha value is -5.40. The number of methoxy groups -OCH3 is 2. The number of urea groups is 1. The van der Waals surface area contributed by atoms with Gasteiger partial charge < -0.3 is 19.5 Å². The van der Waals surface area contributed by atoms with E-state index >= 15 is 0 Å². The molecule has 1 aromatic heterocycles. The fourth-order valence-corrected chi connectivity index (χ4v) is 6.19. The van der Waals surface area contributed by atoms with Crippen LogP contribution in [0, 0.1) is 11.3 Å². The molecule has 2 heterocycles. The number of alkyl halides is 3. The van der Waals surface area contributed by atoms with Crippen LogP contribution < -0.4 is 19.7 Å². The SMILES string of the molecule is COc1cc(COCC(F)(F)F)c(N2C(=O)CSC2=NC(=O)Nc2ccc(-c3ncn(-c4ccc(S(F)(F)(F)(F)F)cc4)n3)cc2C#N)cc1OC. The number of nitriles is 1. The first kappa shape index (κ1) is 37.8. The fourth-order valence-electron chi connectivity index (χ4n) is 4.68. The second kappa shape index (κ2) is 13.3. The Bertz CT molecular complexity index is 2120. The third-order valence-corrected chi connectivity index (χ3v) is 9.08. The highest BCUT2D eigenvalue weighted by atomic mass is 32.5. The van der Waals surface area contributed by atoms with Crippen molar-refractivity contribution in [3.05, 3.63) is 72.1 Å². The monoisotopic (exact) mass is 777 g/mol. The minimum atomic E-state index is -9.88. The van der Waals surface area contributed by atoms with Gasteiger partial charge in [-0.15, -0.1) is 5.10 Å². The summed E-state index contributed by atoms with van der Waals surface area (Å²) >= 11 is 0.862. The number of benzene rings is 3. The number of amidine groups is 1. The highest BCUT2D eigenvalue weighted by Gasteiger charge is 2.65. The molecule has 0 saturated carbocycles. The zero-order chi connectivity index (χ0) is 38.1. The van der Waals surface area contributed by atoms with Gasteiger partial charge in [0.1, 0.15) is 23.9 Å². The van der Waals surface area contributed by atoms with Crippen LogP contribution in [-0.4, -0.2) is 64.6 Å². The van der Waals surface area contributed by atoms with E-state index < -0.39 is 46.4 Å². The fraction of sp³-hybridized carbons (Fsp3) is 0.200. The van der Waals surface area contributed by atoms with E-state index in [4.69, 9.17) is 14.2 Å². The summed E-state index contributed by atoms with van der Waals surface area (Å²) in [6, 6.07) is 9.53. The van der Waals surface area contributed by atoms with Crippen LogP contribution in [-0.2, 0) is 16.1 Å².